The summed E-state index contributed by atoms with van der Waals surface area (Å²) in [6, 6.07) is 3.56. The SMILES string of the molecule is COc1ncccc1-c1nc(CN)no1. The van der Waals surface area contributed by atoms with Gasteiger partial charge in [0.25, 0.3) is 5.89 Å². The number of methoxy groups -OCH3 is 1. The molecule has 2 aromatic heterocycles. The largest absolute Gasteiger partial charge is 0.480 e. The second-order valence-corrected chi connectivity index (χ2v) is 2.78. The van der Waals surface area contributed by atoms with Crippen molar-refractivity contribution in [3.8, 4) is 17.3 Å². The second-order valence-electron chi connectivity index (χ2n) is 2.78. The van der Waals surface area contributed by atoms with Crippen LogP contribution in [0.5, 0.6) is 5.88 Å². The van der Waals surface area contributed by atoms with Gasteiger partial charge in [0.15, 0.2) is 5.82 Å². The van der Waals surface area contributed by atoms with E-state index in [2.05, 4.69) is 15.1 Å². The third-order valence-corrected chi connectivity index (χ3v) is 1.85. The van der Waals surface area contributed by atoms with E-state index in [-0.39, 0.29) is 6.54 Å². The lowest BCUT2D eigenvalue weighted by Crippen LogP contribution is -1.98. The summed E-state index contributed by atoms with van der Waals surface area (Å²) < 4.78 is 10.1. The minimum atomic E-state index is 0.242. The Bertz CT molecular complexity index is 455. The third-order valence-electron chi connectivity index (χ3n) is 1.85. The highest BCUT2D eigenvalue weighted by atomic mass is 16.5. The molecule has 6 nitrogen and oxygen atoms in total. The lowest BCUT2D eigenvalue weighted by Gasteiger charge is -2.01. The first-order valence-electron chi connectivity index (χ1n) is 4.37. The zero-order chi connectivity index (χ0) is 10.7. The van der Waals surface area contributed by atoms with Gasteiger partial charge in [0.1, 0.15) is 5.56 Å². The molecule has 0 spiro atoms. The van der Waals surface area contributed by atoms with Crippen LogP contribution in [0.2, 0.25) is 0 Å². The van der Waals surface area contributed by atoms with Crippen molar-refractivity contribution in [1.29, 1.82) is 0 Å². The zero-order valence-electron chi connectivity index (χ0n) is 8.17. The van der Waals surface area contributed by atoms with Crippen LogP contribution < -0.4 is 10.5 Å². The number of aromatic nitrogens is 3. The fraction of sp³-hybridized carbons (Fsp3) is 0.222. The van der Waals surface area contributed by atoms with E-state index in [1.54, 1.807) is 18.3 Å². The summed E-state index contributed by atoms with van der Waals surface area (Å²) in [6.07, 6.45) is 1.63. The standard InChI is InChI=1S/C9H10N4O2/c1-14-8-6(3-2-4-11-8)9-12-7(5-10)13-15-9/h2-4H,5,10H2,1H3. The Labute approximate surface area is 86.1 Å². The Hall–Kier alpha value is -1.95. The molecule has 0 saturated carbocycles. The molecule has 0 aliphatic carbocycles. The molecule has 0 atom stereocenters. The van der Waals surface area contributed by atoms with Crippen molar-refractivity contribution in [2.24, 2.45) is 5.73 Å². The summed E-state index contributed by atoms with van der Waals surface area (Å²) in [6.45, 7) is 0.242. The number of pyridine rings is 1. The normalized spacial score (nSPS) is 10.3. The molecule has 78 valence electrons. The second kappa shape index (κ2) is 4.05. The minimum Gasteiger partial charge on any atom is -0.480 e. The predicted molar refractivity (Wildman–Crippen MR) is 52.0 cm³/mol. The molecule has 15 heavy (non-hydrogen) atoms. The van der Waals surface area contributed by atoms with Crippen molar-refractivity contribution in [3.63, 3.8) is 0 Å². The molecule has 0 saturated heterocycles. The van der Waals surface area contributed by atoms with Crippen LogP contribution >= 0.6 is 0 Å². The molecule has 0 amide bonds. The molecule has 6 heteroatoms. The van der Waals surface area contributed by atoms with Crippen molar-refractivity contribution in [2.75, 3.05) is 7.11 Å². The maximum absolute atomic E-state index is 5.38. The average molecular weight is 206 g/mol. The summed E-state index contributed by atoms with van der Waals surface area (Å²) in [7, 11) is 1.53. The average Bonchev–Trinajstić information content (AvgIpc) is 2.77. The summed E-state index contributed by atoms with van der Waals surface area (Å²) in [5, 5.41) is 3.69. The lowest BCUT2D eigenvalue weighted by molar-refractivity contribution is 0.390. The molecular weight excluding hydrogens is 196 g/mol. The maximum atomic E-state index is 5.38. The van der Waals surface area contributed by atoms with Crippen LogP contribution in [0.3, 0.4) is 0 Å². The lowest BCUT2D eigenvalue weighted by atomic mass is 10.3. The molecule has 0 aliphatic rings. The van der Waals surface area contributed by atoms with E-state index < -0.39 is 0 Å². The first-order chi connectivity index (χ1) is 7.35. The first kappa shape index (κ1) is 9.60. The van der Waals surface area contributed by atoms with E-state index in [1.807, 2.05) is 0 Å². The van der Waals surface area contributed by atoms with Crippen molar-refractivity contribution in [3.05, 3.63) is 24.2 Å². The van der Waals surface area contributed by atoms with E-state index >= 15 is 0 Å². The Morgan fingerprint density at radius 1 is 1.53 bits per heavy atom. The van der Waals surface area contributed by atoms with E-state index in [1.165, 1.54) is 7.11 Å². The highest BCUT2D eigenvalue weighted by Crippen LogP contribution is 2.25. The van der Waals surface area contributed by atoms with Crippen molar-refractivity contribution < 1.29 is 9.26 Å². The fourth-order valence-corrected chi connectivity index (χ4v) is 1.16. The number of nitrogens with zero attached hydrogens (tertiary/aromatic N) is 3. The van der Waals surface area contributed by atoms with Gasteiger partial charge in [-0.2, -0.15) is 4.98 Å². The Morgan fingerprint density at radius 2 is 2.40 bits per heavy atom. The molecule has 0 aromatic carbocycles. The van der Waals surface area contributed by atoms with E-state index in [0.717, 1.165) is 0 Å². The van der Waals surface area contributed by atoms with Gasteiger partial charge in [-0.3, -0.25) is 0 Å². The molecule has 0 fully saturated rings. The maximum Gasteiger partial charge on any atom is 0.263 e. The smallest absolute Gasteiger partial charge is 0.263 e. The van der Waals surface area contributed by atoms with E-state index in [0.29, 0.717) is 23.2 Å². The minimum absolute atomic E-state index is 0.242. The zero-order valence-corrected chi connectivity index (χ0v) is 8.17. The highest BCUT2D eigenvalue weighted by molar-refractivity contribution is 5.59. The number of hydrogen-bond acceptors (Lipinski definition) is 6. The van der Waals surface area contributed by atoms with Gasteiger partial charge >= 0.3 is 0 Å². The number of ether oxygens (including phenoxy) is 1. The molecule has 2 N–H and O–H groups in total. The number of nitrogens with two attached hydrogens (primary N) is 1. The first-order valence-corrected chi connectivity index (χ1v) is 4.37. The van der Waals surface area contributed by atoms with Crippen LogP contribution in [-0.4, -0.2) is 22.2 Å². The van der Waals surface area contributed by atoms with Crippen molar-refractivity contribution in [2.45, 2.75) is 6.54 Å². The molecule has 0 unspecified atom stereocenters. The monoisotopic (exact) mass is 206 g/mol. The highest BCUT2D eigenvalue weighted by Gasteiger charge is 2.13. The topological polar surface area (TPSA) is 87.1 Å². The fourth-order valence-electron chi connectivity index (χ4n) is 1.16. The van der Waals surface area contributed by atoms with Gasteiger partial charge in [0.2, 0.25) is 5.88 Å². The van der Waals surface area contributed by atoms with E-state index in [9.17, 15) is 0 Å². The summed E-state index contributed by atoms with van der Waals surface area (Å²) in [5.41, 5.74) is 6.04. The molecule has 0 aliphatic heterocycles. The van der Waals surface area contributed by atoms with Crippen molar-refractivity contribution >= 4 is 0 Å². The summed E-state index contributed by atoms with van der Waals surface area (Å²) in [4.78, 5) is 8.11. The Balaban J connectivity index is 2.44. The summed E-state index contributed by atoms with van der Waals surface area (Å²) in [5.74, 6) is 1.26. The van der Waals surface area contributed by atoms with Crippen LogP contribution in [0.1, 0.15) is 5.82 Å². The molecule has 2 heterocycles. The van der Waals surface area contributed by atoms with Gasteiger partial charge < -0.3 is 15.0 Å². The van der Waals surface area contributed by atoms with Gasteiger partial charge in [-0.1, -0.05) is 5.16 Å². The third kappa shape index (κ3) is 1.79. The van der Waals surface area contributed by atoms with Gasteiger partial charge in [-0.25, -0.2) is 4.98 Å². The Morgan fingerprint density at radius 3 is 3.07 bits per heavy atom. The van der Waals surface area contributed by atoms with Crippen LogP contribution in [0, 0.1) is 0 Å². The van der Waals surface area contributed by atoms with Crippen LogP contribution in [0.15, 0.2) is 22.9 Å². The Kier molecular flexibility index (Phi) is 2.59. The van der Waals surface area contributed by atoms with Gasteiger partial charge in [0.05, 0.1) is 13.7 Å². The van der Waals surface area contributed by atoms with Crippen LogP contribution in [0.4, 0.5) is 0 Å². The van der Waals surface area contributed by atoms with Crippen LogP contribution in [-0.2, 0) is 6.54 Å². The predicted octanol–water partition coefficient (Wildman–Crippen LogP) is 0.599. The van der Waals surface area contributed by atoms with E-state index in [4.69, 9.17) is 15.0 Å². The molecule has 0 bridgehead atoms. The quantitative estimate of drug-likeness (QED) is 0.791. The van der Waals surface area contributed by atoms with Gasteiger partial charge in [0, 0.05) is 6.20 Å². The summed E-state index contributed by atoms with van der Waals surface area (Å²) >= 11 is 0. The molecular formula is C9H10N4O2. The number of rotatable bonds is 3. The van der Waals surface area contributed by atoms with Crippen molar-refractivity contribution in [1.82, 2.24) is 15.1 Å². The number of hydrogen-bond donors (Lipinski definition) is 1. The molecule has 0 radical (unpaired) electrons. The van der Waals surface area contributed by atoms with Crippen LogP contribution in [0.25, 0.3) is 11.5 Å². The molecule has 2 aromatic rings. The molecule has 2 rings (SSSR count). The van der Waals surface area contributed by atoms with Gasteiger partial charge in [-0.15, -0.1) is 0 Å². The van der Waals surface area contributed by atoms with Gasteiger partial charge in [-0.05, 0) is 12.1 Å².